The predicted octanol–water partition coefficient (Wildman–Crippen LogP) is 2.36. The SMILES string of the molecule is Cc1c(C)c2c(c(C)c1O)CC(N)C(C)(C)O2. The Bertz CT molecular complexity index is 478. The lowest BCUT2D eigenvalue weighted by molar-refractivity contribution is 0.0626. The average molecular weight is 235 g/mol. The first-order valence-corrected chi connectivity index (χ1v) is 6.02. The molecule has 3 heteroatoms. The number of nitrogens with two attached hydrogens (primary N) is 1. The molecule has 0 saturated heterocycles. The van der Waals surface area contributed by atoms with Gasteiger partial charge in [-0.3, -0.25) is 0 Å². The van der Waals surface area contributed by atoms with Crippen molar-refractivity contribution in [3.05, 3.63) is 22.3 Å². The van der Waals surface area contributed by atoms with Crippen LogP contribution in [0.3, 0.4) is 0 Å². The number of phenols is 1. The highest BCUT2D eigenvalue weighted by molar-refractivity contribution is 5.58. The highest BCUT2D eigenvalue weighted by Crippen LogP contribution is 2.42. The van der Waals surface area contributed by atoms with Crippen molar-refractivity contribution in [2.75, 3.05) is 0 Å². The lowest BCUT2D eigenvalue weighted by atomic mass is 9.85. The quantitative estimate of drug-likeness (QED) is 0.725. The van der Waals surface area contributed by atoms with Crippen LogP contribution in [-0.2, 0) is 6.42 Å². The van der Waals surface area contributed by atoms with Crippen molar-refractivity contribution in [3.63, 3.8) is 0 Å². The van der Waals surface area contributed by atoms with Gasteiger partial charge in [0.2, 0.25) is 0 Å². The third-order valence-electron chi connectivity index (χ3n) is 4.02. The fourth-order valence-corrected chi connectivity index (χ4v) is 2.36. The second kappa shape index (κ2) is 3.64. The molecule has 1 aromatic carbocycles. The number of benzene rings is 1. The van der Waals surface area contributed by atoms with Gasteiger partial charge in [0.15, 0.2) is 0 Å². The smallest absolute Gasteiger partial charge is 0.127 e. The fourth-order valence-electron chi connectivity index (χ4n) is 2.36. The van der Waals surface area contributed by atoms with E-state index in [0.717, 1.165) is 34.4 Å². The van der Waals surface area contributed by atoms with E-state index >= 15 is 0 Å². The Labute approximate surface area is 103 Å². The lowest BCUT2D eigenvalue weighted by Gasteiger charge is -2.39. The summed E-state index contributed by atoms with van der Waals surface area (Å²) >= 11 is 0. The van der Waals surface area contributed by atoms with E-state index in [4.69, 9.17) is 10.5 Å². The zero-order valence-corrected chi connectivity index (χ0v) is 11.2. The van der Waals surface area contributed by atoms with Crippen LogP contribution in [0.1, 0.15) is 36.1 Å². The summed E-state index contributed by atoms with van der Waals surface area (Å²) in [7, 11) is 0. The third-order valence-corrected chi connectivity index (χ3v) is 4.02. The van der Waals surface area contributed by atoms with E-state index in [1.54, 1.807) is 0 Å². The lowest BCUT2D eigenvalue weighted by Crippen LogP contribution is -2.52. The molecule has 1 aliphatic rings. The van der Waals surface area contributed by atoms with Crippen LogP contribution in [0.4, 0.5) is 0 Å². The van der Waals surface area contributed by atoms with E-state index < -0.39 is 0 Å². The minimum atomic E-state index is -0.354. The highest BCUT2D eigenvalue weighted by Gasteiger charge is 2.36. The van der Waals surface area contributed by atoms with Crippen LogP contribution in [0.15, 0.2) is 0 Å². The van der Waals surface area contributed by atoms with E-state index in [0.29, 0.717) is 5.75 Å². The standard InChI is InChI=1S/C14H21NO2/c1-7-8(2)13-10(9(3)12(7)16)6-11(15)14(4,5)17-13/h11,16H,6,15H2,1-5H3. The van der Waals surface area contributed by atoms with Gasteiger partial charge in [-0.2, -0.15) is 0 Å². The summed E-state index contributed by atoms with van der Waals surface area (Å²) in [5, 5.41) is 10.1. The van der Waals surface area contributed by atoms with Gasteiger partial charge < -0.3 is 15.6 Å². The summed E-state index contributed by atoms with van der Waals surface area (Å²) in [4.78, 5) is 0. The number of hydrogen-bond acceptors (Lipinski definition) is 3. The molecule has 0 bridgehead atoms. The molecule has 94 valence electrons. The largest absolute Gasteiger partial charge is 0.507 e. The van der Waals surface area contributed by atoms with Gasteiger partial charge in [0, 0.05) is 11.6 Å². The van der Waals surface area contributed by atoms with Crippen molar-refractivity contribution in [1.29, 1.82) is 0 Å². The van der Waals surface area contributed by atoms with E-state index in [2.05, 4.69) is 0 Å². The zero-order chi connectivity index (χ0) is 13.0. The van der Waals surface area contributed by atoms with Gasteiger partial charge in [0.1, 0.15) is 17.1 Å². The first-order valence-electron chi connectivity index (χ1n) is 6.02. The first kappa shape index (κ1) is 12.2. The van der Waals surface area contributed by atoms with Gasteiger partial charge in [-0.25, -0.2) is 0 Å². The molecule has 0 aliphatic carbocycles. The van der Waals surface area contributed by atoms with Crippen molar-refractivity contribution in [2.45, 2.75) is 52.7 Å². The van der Waals surface area contributed by atoms with Gasteiger partial charge in [-0.05, 0) is 57.7 Å². The molecule has 3 nitrogen and oxygen atoms in total. The number of ether oxygens (including phenoxy) is 1. The van der Waals surface area contributed by atoms with Crippen molar-refractivity contribution in [3.8, 4) is 11.5 Å². The normalized spacial score (nSPS) is 21.9. The molecule has 0 aromatic heterocycles. The van der Waals surface area contributed by atoms with Crippen LogP contribution in [0, 0.1) is 20.8 Å². The first-order chi connectivity index (χ1) is 7.75. The van der Waals surface area contributed by atoms with Crippen LogP contribution < -0.4 is 10.5 Å². The molecule has 1 unspecified atom stereocenters. The number of rotatable bonds is 0. The van der Waals surface area contributed by atoms with Crippen LogP contribution in [0.25, 0.3) is 0 Å². The Kier molecular flexibility index (Phi) is 2.62. The number of phenolic OH excluding ortho intramolecular Hbond substituents is 1. The second-order valence-corrected chi connectivity index (χ2v) is 5.55. The molecule has 1 atom stereocenters. The van der Waals surface area contributed by atoms with Crippen molar-refractivity contribution in [1.82, 2.24) is 0 Å². The van der Waals surface area contributed by atoms with E-state index in [-0.39, 0.29) is 11.6 Å². The Hall–Kier alpha value is -1.22. The van der Waals surface area contributed by atoms with Gasteiger partial charge in [-0.1, -0.05) is 0 Å². The highest BCUT2D eigenvalue weighted by atomic mass is 16.5. The van der Waals surface area contributed by atoms with E-state index in [9.17, 15) is 5.11 Å². The molecule has 0 spiro atoms. The number of aromatic hydroxyl groups is 1. The van der Waals surface area contributed by atoms with E-state index in [1.165, 1.54) is 0 Å². The van der Waals surface area contributed by atoms with Crippen LogP contribution in [-0.4, -0.2) is 16.7 Å². The molecule has 0 amide bonds. The fraction of sp³-hybridized carbons (Fsp3) is 0.571. The summed E-state index contributed by atoms with van der Waals surface area (Å²) in [6.45, 7) is 9.85. The topological polar surface area (TPSA) is 55.5 Å². The maximum absolute atomic E-state index is 10.1. The Morgan fingerprint density at radius 2 is 1.76 bits per heavy atom. The molecule has 2 rings (SSSR count). The molecule has 3 N–H and O–H groups in total. The molecule has 1 aliphatic heterocycles. The molecule has 1 heterocycles. The maximum Gasteiger partial charge on any atom is 0.127 e. The second-order valence-electron chi connectivity index (χ2n) is 5.55. The Balaban J connectivity index is 2.67. The van der Waals surface area contributed by atoms with Crippen LogP contribution >= 0.6 is 0 Å². The zero-order valence-electron chi connectivity index (χ0n) is 11.2. The van der Waals surface area contributed by atoms with Crippen LogP contribution in [0.2, 0.25) is 0 Å². The summed E-state index contributed by atoms with van der Waals surface area (Å²) in [6.07, 6.45) is 0.753. The molecular weight excluding hydrogens is 214 g/mol. The molecule has 1 aromatic rings. The van der Waals surface area contributed by atoms with E-state index in [1.807, 2.05) is 34.6 Å². The van der Waals surface area contributed by atoms with Crippen molar-refractivity contribution >= 4 is 0 Å². The van der Waals surface area contributed by atoms with Gasteiger partial charge in [-0.15, -0.1) is 0 Å². The van der Waals surface area contributed by atoms with Gasteiger partial charge >= 0.3 is 0 Å². The molecular formula is C14H21NO2. The Morgan fingerprint density at radius 1 is 1.18 bits per heavy atom. The predicted molar refractivity (Wildman–Crippen MR) is 68.7 cm³/mol. The maximum atomic E-state index is 10.1. The summed E-state index contributed by atoms with van der Waals surface area (Å²) in [5.41, 5.74) is 9.64. The van der Waals surface area contributed by atoms with Crippen LogP contribution in [0.5, 0.6) is 11.5 Å². The van der Waals surface area contributed by atoms with Gasteiger partial charge in [0.05, 0.1) is 0 Å². The number of fused-ring (bicyclic) bond motifs is 1. The molecule has 0 fully saturated rings. The van der Waals surface area contributed by atoms with Gasteiger partial charge in [0.25, 0.3) is 0 Å². The summed E-state index contributed by atoms with van der Waals surface area (Å²) in [6, 6.07) is -0.0461. The summed E-state index contributed by atoms with van der Waals surface area (Å²) in [5.74, 6) is 1.28. The Morgan fingerprint density at radius 3 is 2.35 bits per heavy atom. The summed E-state index contributed by atoms with van der Waals surface area (Å²) < 4.78 is 6.04. The monoisotopic (exact) mass is 235 g/mol. The third kappa shape index (κ3) is 1.69. The van der Waals surface area contributed by atoms with Crippen molar-refractivity contribution < 1.29 is 9.84 Å². The molecule has 0 saturated carbocycles. The molecule has 17 heavy (non-hydrogen) atoms. The van der Waals surface area contributed by atoms with Crippen molar-refractivity contribution in [2.24, 2.45) is 5.73 Å². The molecule has 0 radical (unpaired) electrons. The minimum Gasteiger partial charge on any atom is -0.507 e. The minimum absolute atomic E-state index is 0.0461. The average Bonchev–Trinajstić information content (AvgIpc) is 2.26. The number of hydrogen-bond donors (Lipinski definition) is 2.